The summed E-state index contributed by atoms with van der Waals surface area (Å²) >= 11 is 0. The van der Waals surface area contributed by atoms with E-state index in [0.29, 0.717) is 18.7 Å². The van der Waals surface area contributed by atoms with Crippen LogP contribution in [0.2, 0.25) is 0 Å². The second kappa shape index (κ2) is 7.44. The first kappa shape index (κ1) is 18.2. The Morgan fingerprint density at radius 3 is 2.76 bits per heavy atom. The molecule has 1 aromatic heterocycles. The zero-order valence-electron chi connectivity index (χ0n) is 13.4. The van der Waals surface area contributed by atoms with Crippen LogP contribution in [-0.2, 0) is 11.3 Å². The van der Waals surface area contributed by atoms with Crippen molar-refractivity contribution in [2.45, 2.75) is 45.9 Å². The molecule has 0 aromatic carbocycles. The zero-order valence-corrected chi connectivity index (χ0v) is 15.7. The fourth-order valence-electron chi connectivity index (χ4n) is 2.62. The molecule has 1 aromatic rings. The van der Waals surface area contributed by atoms with Gasteiger partial charge in [0, 0.05) is 43.4 Å². The van der Waals surface area contributed by atoms with Gasteiger partial charge in [-0.2, -0.15) is 5.10 Å². The molecule has 1 aliphatic rings. The molecule has 0 amide bonds. The minimum Gasteiger partial charge on any atom is -0.381 e. The van der Waals surface area contributed by atoms with E-state index in [1.807, 2.05) is 13.1 Å². The molecule has 120 valence electrons. The van der Waals surface area contributed by atoms with Gasteiger partial charge >= 0.3 is 0 Å². The second-order valence-electron chi connectivity index (χ2n) is 5.92. The third kappa shape index (κ3) is 3.88. The van der Waals surface area contributed by atoms with Gasteiger partial charge < -0.3 is 15.4 Å². The molecule has 2 rings (SSSR count). The van der Waals surface area contributed by atoms with Gasteiger partial charge in [-0.3, -0.25) is 10.1 Å². The first-order valence-electron chi connectivity index (χ1n) is 6.97. The topological polar surface area (TPSA) is 74.3 Å². The van der Waals surface area contributed by atoms with Crippen LogP contribution in [-0.4, -0.2) is 42.5 Å². The predicted octanol–water partition coefficient (Wildman–Crippen LogP) is 1.81. The Kier molecular flexibility index (Phi) is 6.45. The molecule has 2 atom stereocenters. The highest BCUT2D eigenvalue weighted by molar-refractivity contribution is 14.0. The quantitative estimate of drug-likeness (QED) is 0.405. The molecular formula is C14H26IN5O. The molecule has 21 heavy (non-hydrogen) atoms. The van der Waals surface area contributed by atoms with Crippen LogP contribution in [0.4, 0.5) is 0 Å². The van der Waals surface area contributed by atoms with E-state index in [1.165, 1.54) is 0 Å². The number of hydrogen-bond donors (Lipinski definition) is 3. The lowest BCUT2D eigenvalue weighted by Gasteiger charge is -2.51. The highest BCUT2D eigenvalue weighted by Crippen LogP contribution is 2.42. The maximum atomic E-state index is 5.47. The summed E-state index contributed by atoms with van der Waals surface area (Å²) < 4.78 is 5.47. The van der Waals surface area contributed by atoms with Crippen LogP contribution >= 0.6 is 24.0 Å². The van der Waals surface area contributed by atoms with Gasteiger partial charge in [0.05, 0.1) is 12.3 Å². The number of aliphatic imine (C=N–C) groups is 1. The molecule has 0 bridgehead atoms. The van der Waals surface area contributed by atoms with Gasteiger partial charge in [0.15, 0.2) is 5.96 Å². The van der Waals surface area contributed by atoms with Gasteiger partial charge in [-0.25, -0.2) is 0 Å². The molecule has 1 aliphatic carbocycles. The molecule has 0 spiro atoms. The number of aromatic amines is 1. The molecule has 0 aliphatic heterocycles. The van der Waals surface area contributed by atoms with Gasteiger partial charge in [0.1, 0.15) is 0 Å². The van der Waals surface area contributed by atoms with Crippen molar-refractivity contribution in [3.63, 3.8) is 0 Å². The zero-order chi connectivity index (χ0) is 14.8. The van der Waals surface area contributed by atoms with Gasteiger partial charge in [-0.1, -0.05) is 13.8 Å². The summed E-state index contributed by atoms with van der Waals surface area (Å²) in [6.45, 7) is 7.16. The second-order valence-corrected chi connectivity index (χ2v) is 5.92. The van der Waals surface area contributed by atoms with Crippen LogP contribution in [0.15, 0.2) is 11.2 Å². The van der Waals surface area contributed by atoms with Crippen molar-refractivity contribution in [1.29, 1.82) is 0 Å². The van der Waals surface area contributed by atoms with Gasteiger partial charge in [-0.05, 0) is 13.3 Å². The third-order valence-electron chi connectivity index (χ3n) is 4.38. The minimum atomic E-state index is 0. The summed E-state index contributed by atoms with van der Waals surface area (Å²) in [6.07, 6.45) is 3.16. The summed E-state index contributed by atoms with van der Waals surface area (Å²) in [6, 6.07) is 0.379. The van der Waals surface area contributed by atoms with E-state index in [4.69, 9.17) is 4.74 Å². The van der Waals surface area contributed by atoms with Gasteiger partial charge in [-0.15, -0.1) is 24.0 Å². The van der Waals surface area contributed by atoms with Crippen LogP contribution in [0, 0.1) is 12.3 Å². The predicted molar refractivity (Wildman–Crippen MR) is 95.1 cm³/mol. The lowest BCUT2D eigenvalue weighted by molar-refractivity contribution is -0.0922. The third-order valence-corrected chi connectivity index (χ3v) is 4.38. The van der Waals surface area contributed by atoms with Crippen molar-refractivity contribution in [2.75, 3.05) is 14.2 Å². The van der Waals surface area contributed by atoms with Crippen LogP contribution in [0.25, 0.3) is 0 Å². The highest BCUT2D eigenvalue weighted by atomic mass is 127. The monoisotopic (exact) mass is 407 g/mol. The lowest BCUT2D eigenvalue weighted by atomic mass is 9.64. The molecule has 1 saturated carbocycles. The van der Waals surface area contributed by atoms with E-state index < -0.39 is 0 Å². The molecule has 2 unspecified atom stereocenters. The van der Waals surface area contributed by atoms with Crippen molar-refractivity contribution < 1.29 is 4.74 Å². The van der Waals surface area contributed by atoms with E-state index in [2.05, 4.69) is 39.7 Å². The smallest absolute Gasteiger partial charge is 0.191 e. The first-order chi connectivity index (χ1) is 9.48. The van der Waals surface area contributed by atoms with Crippen LogP contribution in [0.1, 0.15) is 31.5 Å². The fourth-order valence-corrected chi connectivity index (χ4v) is 2.62. The molecule has 1 heterocycles. The first-order valence-corrected chi connectivity index (χ1v) is 6.97. The highest BCUT2D eigenvalue weighted by Gasteiger charge is 2.48. The Labute approximate surface area is 143 Å². The number of guanidine groups is 1. The number of aryl methyl sites for hydroxylation is 1. The Balaban J connectivity index is 0.00000220. The summed E-state index contributed by atoms with van der Waals surface area (Å²) in [7, 11) is 3.56. The molecule has 0 radical (unpaired) electrons. The number of H-pyrrole nitrogens is 1. The van der Waals surface area contributed by atoms with Crippen molar-refractivity contribution in [3.8, 4) is 0 Å². The van der Waals surface area contributed by atoms with Crippen LogP contribution < -0.4 is 10.6 Å². The number of ether oxygens (including phenoxy) is 1. The maximum absolute atomic E-state index is 5.47. The number of nitrogens with one attached hydrogen (secondary N) is 3. The number of rotatable bonds is 4. The number of aromatic nitrogens is 2. The SMILES string of the molecule is CN=C(NCc1cn[nH]c1C)NC1CC(OC)C1(C)C.I. The number of methoxy groups -OCH3 is 1. The molecule has 3 N–H and O–H groups in total. The summed E-state index contributed by atoms with van der Waals surface area (Å²) in [5.41, 5.74) is 2.35. The lowest BCUT2D eigenvalue weighted by Crippen LogP contribution is -2.63. The normalized spacial score (nSPS) is 24.0. The molecule has 7 heteroatoms. The average molecular weight is 407 g/mol. The fraction of sp³-hybridized carbons (Fsp3) is 0.714. The van der Waals surface area contributed by atoms with Gasteiger partial charge in [0.25, 0.3) is 0 Å². The number of nitrogens with zero attached hydrogens (tertiary/aromatic N) is 2. The largest absolute Gasteiger partial charge is 0.381 e. The van der Waals surface area contributed by atoms with Crippen molar-refractivity contribution in [1.82, 2.24) is 20.8 Å². The Morgan fingerprint density at radius 1 is 1.57 bits per heavy atom. The maximum Gasteiger partial charge on any atom is 0.191 e. The molecule has 1 fully saturated rings. The van der Waals surface area contributed by atoms with Crippen LogP contribution in [0.3, 0.4) is 0 Å². The van der Waals surface area contributed by atoms with E-state index in [1.54, 1.807) is 14.2 Å². The van der Waals surface area contributed by atoms with Crippen LogP contribution in [0.5, 0.6) is 0 Å². The van der Waals surface area contributed by atoms with E-state index in [-0.39, 0.29) is 29.4 Å². The Bertz CT molecular complexity index is 485. The standard InChI is InChI=1S/C14H25N5O.HI/c1-9-10(8-17-19-9)7-16-13(15-4)18-11-6-12(20-5)14(11,2)3;/h8,11-12H,6-7H2,1-5H3,(H,17,19)(H2,15,16,18);1H. The number of hydrogen-bond acceptors (Lipinski definition) is 3. The van der Waals surface area contributed by atoms with E-state index in [9.17, 15) is 0 Å². The van der Waals surface area contributed by atoms with E-state index >= 15 is 0 Å². The summed E-state index contributed by atoms with van der Waals surface area (Å²) in [5, 5.41) is 13.7. The molecular weight excluding hydrogens is 381 g/mol. The summed E-state index contributed by atoms with van der Waals surface area (Å²) in [5.74, 6) is 0.818. The Morgan fingerprint density at radius 2 is 2.29 bits per heavy atom. The Hall–Kier alpha value is -0.830. The van der Waals surface area contributed by atoms with E-state index in [0.717, 1.165) is 23.6 Å². The van der Waals surface area contributed by atoms with Crippen molar-refractivity contribution in [3.05, 3.63) is 17.5 Å². The van der Waals surface area contributed by atoms with Crippen molar-refractivity contribution >= 4 is 29.9 Å². The van der Waals surface area contributed by atoms with Gasteiger partial charge in [0.2, 0.25) is 0 Å². The average Bonchev–Trinajstić information content (AvgIpc) is 2.83. The minimum absolute atomic E-state index is 0. The molecule has 0 saturated heterocycles. The molecule has 6 nitrogen and oxygen atoms in total. The number of halogens is 1. The summed E-state index contributed by atoms with van der Waals surface area (Å²) in [4.78, 5) is 4.28. The van der Waals surface area contributed by atoms with Crippen molar-refractivity contribution in [2.24, 2.45) is 10.4 Å².